The van der Waals surface area contributed by atoms with Gasteiger partial charge in [0.15, 0.2) is 5.03 Å². The fourth-order valence-corrected chi connectivity index (χ4v) is 2.56. The molecule has 7 nitrogen and oxygen atoms in total. The molecule has 2 rings (SSSR count). The van der Waals surface area contributed by atoms with Crippen molar-refractivity contribution in [2.75, 3.05) is 7.05 Å². The van der Waals surface area contributed by atoms with E-state index in [9.17, 15) is 8.42 Å². The van der Waals surface area contributed by atoms with Crippen molar-refractivity contribution in [2.24, 2.45) is 0 Å². The van der Waals surface area contributed by atoms with Crippen LogP contribution in [0.15, 0.2) is 23.6 Å². The maximum atomic E-state index is 12.2. The lowest BCUT2D eigenvalue weighted by atomic mass is 10.5. The number of H-pyrrole nitrogens is 2. The summed E-state index contributed by atoms with van der Waals surface area (Å²) < 4.78 is 25.6. The first kappa shape index (κ1) is 12.8. The van der Waals surface area contributed by atoms with Crippen molar-refractivity contribution in [1.29, 1.82) is 0 Å². The molecule has 2 aromatic heterocycles. The van der Waals surface area contributed by atoms with Crippen LogP contribution in [0.5, 0.6) is 0 Å². The minimum atomic E-state index is -3.55. The minimum Gasteiger partial charge on any atom is -0.347 e. The van der Waals surface area contributed by atoms with Crippen molar-refractivity contribution in [1.82, 2.24) is 24.2 Å². The van der Waals surface area contributed by atoms with Crippen LogP contribution < -0.4 is 0 Å². The van der Waals surface area contributed by atoms with Gasteiger partial charge in [0.25, 0.3) is 10.0 Å². The predicted octanol–water partition coefficient (Wildman–Crippen LogP) is 0.516. The molecule has 0 unspecified atom stereocenters. The number of aromatic amines is 2. The van der Waals surface area contributed by atoms with Crippen LogP contribution in [0.3, 0.4) is 0 Å². The molecule has 0 radical (unpaired) electrons. The highest BCUT2D eigenvalue weighted by molar-refractivity contribution is 7.89. The summed E-state index contributed by atoms with van der Waals surface area (Å²) in [5.41, 5.74) is 0. The average Bonchev–Trinajstić information content (AvgIpc) is 2.99. The molecular formula is C10H15N5O2S. The Labute approximate surface area is 105 Å². The van der Waals surface area contributed by atoms with Crippen LogP contribution in [0.25, 0.3) is 0 Å². The summed E-state index contributed by atoms with van der Waals surface area (Å²) in [7, 11) is -2.04. The van der Waals surface area contributed by atoms with Crippen molar-refractivity contribution in [2.45, 2.75) is 24.9 Å². The molecule has 0 saturated heterocycles. The number of rotatable bonds is 5. The maximum absolute atomic E-state index is 12.2. The smallest absolute Gasteiger partial charge is 0.260 e. The first-order valence-electron chi connectivity index (χ1n) is 5.52. The zero-order valence-corrected chi connectivity index (χ0v) is 11.0. The van der Waals surface area contributed by atoms with Crippen LogP contribution in [-0.4, -0.2) is 39.7 Å². The normalized spacial score (nSPS) is 12.2. The summed E-state index contributed by atoms with van der Waals surface area (Å²) in [6.07, 6.45) is 5.24. The molecular weight excluding hydrogens is 254 g/mol. The lowest BCUT2D eigenvalue weighted by molar-refractivity contribution is 0.455. The molecule has 98 valence electrons. The second kappa shape index (κ2) is 4.91. The molecule has 0 spiro atoms. The molecule has 0 aliphatic carbocycles. The third-order valence-electron chi connectivity index (χ3n) is 2.56. The van der Waals surface area contributed by atoms with E-state index in [2.05, 4.69) is 19.9 Å². The summed E-state index contributed by atoms with van der Waals surface area (Å²) >= 11 is 0. The molecule has 2 aromatic rings. The van der Waals surface area contributed by atoms with Gasteiger partial charge in [0.2, 0.25) is 0 Å². The van der Waals surface area contributed by atoms with Crippen molar-refractivity contribution < 1.29 is 8.42 Å². The predicted molar refractivity (Wildman–Crippen MR) is 65.2 cm³/mol. The Bertz CT molecular complexity index is 602. The fourth-order valence-electron chi connectivity index (χ4n) is 1.50. The van der Waals surface area contributed by atoms with Crippen LogP contribution in [-0.2, 0) is 23.0 Å². The Balaban J connectivity index is 2.19. The van der Waals surface area contributed by atoms with E-state index < -0.39 is 10.0 Å². The topological polar surface area (TPSA) is 94.7 Å². The molecule has 0 saturated carbocycles. The van der Waals surface area contributed by atoms with E-state index in [-0.39, 0.29) is 11.6 Å². The molecule has 2 heterocycles. The van der Waals surface area contributed by atoms with E-state index in [0.717, 1.165) is 0 Å². The second-order valence-electron chi connectivity index (χ2n) is 3.84. The van der Waals surface area contributed by atoms with Gasteiger partial charge in [-0.1, -0.05) is 6.92 Å². The van der Waals surface area contributed by atoms with E-state index in [1.807, 2.05) is 6.92 Å². The maximum Gasteiger partial charge on any atom is 0.260 e. The van der Waals surface area contributed by atoms with Crippen LogP contribution >= 0.6 is 0 Å². The molecule has 0 aromatic carbocycles. The number of aromatic nitrogens is 4. The fraction of sp³-hybridized carbons (Fsp3) is 0.400. The van der Waals surface area contributed by atoms with Crippen molar-refractivity contribution in [3.63, 3.8) is 0 Å². The van der Waals surface area contributed by atoms with Gasteiger partial charge in [0, 0.05) is 25.9 Å². The van der Waals surface area contributed by atoms with E-state index in [0.29, 0.717) is 18.1 Å². The number of aryl methyl sites for hydroxylation is 1. The summed E-state index contributed by atoms with van der Waals surface area (Å²) in [5.74, 6) is 1.25. The molecule has 2 N–H and O–H groups in total. The lowest BCUT2D eigenvalue weighted by Gasteiger charge is -2.14. The molecule has 0 aliphatic rings. The Kier molecular flexibility index (Phi) is 3.48. The number of nitrogens with one attached hydrogen (secondary N) is 2. The number of imidazole rings is 2. The largest absolute Gasteiger partial charge is 0.347 e. The van der Waals surface area contributed by atoms with Crippen LogP contribution in [0.1, 0.15) is 18.6 Å². The number of sulfonamides is 1. The number of hydrogen-bond acceptors (Lipinski definition) is 4. The SMILES string of the molecule is CCc1ncc(S(=O)(=O)N(C)Cc2ncc[nH]2)[nH]1. The van der Waals surface area contributed by atoms with Crippen molar-refractivity contribution in [3.05, 3.63) is 30.2 Å². The molecule has 0 atom stereocenters. The monoisotopic (exact) mass is 269 g/mol. The molecule has 18 heavy (non-hydrogen) atoms. The second-order valence-corrected chi connectivity index (χ2v) is 5.86. The van der Waals surface area contributed by atoms with E-state index in [1.54, 1.807) is 12.4 Å². The zero-order valence-electron chi connectivity index (χ0n) is 10.2. The van der Waals surface area contributed by atoms with Gasteiger partial charge in [-0.05, 0) is 0 Å². The molecule has 0 fully saturated rings. The van der Waals surface area contributed by atoms with Crippen molar-refractivity contribution >= 4 is 10.0 Å². The third kappa shape index (κ3) is 2.44. The van der Waals surface area contributed by atoms with Gasteiger partial charge in [-0.15, -0.1) is 0 Å². The highest BCUT2D eigenvalue weighted by Crippen LogP contribution is 2.13. The first-order valence-corrected chi connectivity index (χ1v) is 6.96. The van der Waals surface area contributed by atoms with Gasteiger partial charge in [0.1, 0.15) is 11.6 Å². The number of hydrogen-bond donors (Lipinski definition) is 2. The summed E-state index contributed by atoms with van der Waals surface area (Å²) in [6.45, 7) is 2.09. The van der Waals surface area contributed by atoms with E-state index in [1.165, 1.54) is 17.5 Å². The highest BCUT2D eigenvalue weighted by atomic mass is 32.2. The Hall–Kier alpha value is -1.67. The molecule has 0 bridgehead atoms. The summed E-state index contributed by atoms with van der Waals surface area (Å²) in [4.78, 5) is 13.7. The van der Waals surface area contributed by atoms with E-state index in [4.69, 9.17) is 0 Å². The first-order chi connectivity index (χ1) is 8.54. The minimum absolute atomic E-state index is 0.105. The third-order valence-corrected chi connectivity index (χ3v) is 4.27. The van der Waals surface area contributed by atoms with Gasteiger partial charge >= 0.3 is 0 Å². The van der Waals surface area contributed by atoms with Gasteiger partial charge in [-0.2, -0.15) is 4.31 Å². The van der Waals surface area contributed by atoms with Crippen LogP contribution in [0.2, 0.25) is 0 Å². The summed E-state index contributed by atoms with van der Waals surface area (Å²) in [5, 5.41) is 0.105. The molecule has 8 heteroatoms. The van der Waals surface area contributed by atoms with Crippen LogP contribution in [0, 0.1) is 0 Å². The Morgan fingerprint density at radius 3 is 2.67 bits per heavy atom. The zero-order chi connectivity index (χ0) is 13.2. The average molecular weight is 269 g/mol. The summed E-state index contributed by atoms with van der Waals surface area (Å²) in [6, 6.07) is 0. The van der Waals surface area contributed by atoms with Crippen LogP contribution in [0.4, 0.5) is 0 Å². The van der Waals surface area contributed by atoms with Crippen molar-refractivity contribution in [3.8, 4) is 0 Å². The quantitative estimate of drug-likeness (QED) is 0.827. The molecule has 0 aliphatic heterocycles. The molecule has 0 amide bonds. The van der Waals surface area contributed by atoms with E-state index >= 15 is 0 Å². The van der Waals surface area contributed by atoms with Gasteiger partial charge < -0.3 is 9.97 Å². The van der Waals surface area contributed by atoms with Gasteiger partial charge in [-0.3, -0.25) is 0 Å². The Morgan fingerprint density at radius 1 is 1.33 bits per heavy atom. The standard InChI is InChI=1S/C10H15N5O2S/c1-3-8-13-6-10(14-8)18(16,17)15(2)7-9-11-4-5-12-9/h4-6H,3,7H2,1-2H3,(H,11,12)(H,13,14). The van der Waals surface area contributed by atoms with Gasteiger partial charge in [-0.25, -0.2) is 18.4 Å². The van der Waals surface area contributed by atoms with Gasteiger partial charge in [0.05, 0.1) is 12.7 Å². The lowest BCUT2D eigenvalue weighted by Crippen LogP contribution is -2.27. The highest BCUT2D eigenvalue weighted by Gasteiger charge is 2.23. The Morgan fingerprint density at radius 2 is 2.11 bits per heavy atom. The number of nitrogens with zero attached hydrogens (tertiary/aromatic N) is 3.